The van der Waals surface area contributed by atoms with E-state index >= 15 is 0 Å². The Morgan fingerprint density at radius 2 is 2.10 bits per heavy atom. The zero-order valence-electron chi connectivity index (χ0n) is 6.84. The summed E-state index contributed by atoms with van der Waals surface area (Å²) in [5.41, 5.74) is 0. The van der Waals surface area contributed by atoms with Crippen molar-refractivity contribution in [3.8, 4) is 0 Å². The van der Waals surface area contributed by atoms with Gasteiger partial charge in [-0.3, -0.25) is 0 Å². The summed E-state index contributed by atoms with van der Waals surface area (Å²) in [7, 11) is 6.92. The third kappa shape index (κ3) is 3.56. The van der Waals surface area contributed by atoms with Crippen LogP contribution in [0.1, 0.15) is 6.92 Å². The topological polar surface area (TPSA) is 6.48 Å². The predicted molar refractivity (Wildman–Crippen MR) is 49.9 cm³/mol. The Labute approximate surface area is 79.6 Å². The fraction of sp³-hybridized carbons (Fsp3) is 0.667. The molecule has 0 spiro atoms. The Bertz CT molecular complexity index is 108. The number of halogens is 1. The van der Waals surface area contributed by atoms with E-state index in [2.05, 4.69) is 36.2 Å². The second-order valence-electron chi connectivity index (χ2n) is 2.10. The molecule has 0 aromatic rings. The van der Waals surface area contributed by atoms with E-state index in [4.69, 9.17) is 8.92 Å². The first-order chi connectivity index (χ1) is 4.83. The number of hydrogen-bond acceptors (Lipinski definition) is 2. The molecule has 0 aromatic carbocycles. The molecule has 1 aliphatic heterocycles. The Morgan fingerprint density at radius 1 is 1.50 bits per heavy atom. The summed E-state index contributed by atoms with van der Waals surface area (Å²) in [6, 6.07) is 0. The van der Waals surface area contributed by atoms with Gasteiger partial charge in [0.05, 0.1) is 6.67 Å². The van der Waals surface area contributed by atoms with Crippen LogP contribution in [0.3, 0.4) is 0 Å². The van der Waals surface area contributed by atoms with Crippen molar-refractivity contribution in [2.24, 2.45) is 0 Å². The first kappa shape index (κ1) is 10.4. The minimum atomic E-state index is 0.422. The maximum absolute atomic E-state index is 4.85. The zero-order chi connectivity index (χ0) is 7.98. The van der Waals surface area contributed by atoms with Gasteiger partial charge in [-0.1, -0.05) is 0 Å². The average molecular weight is 269 g/mol. The van der Waals surface area contributed by atoms with Gasteiger partial charge in [0.2, 0.25) is 0 Å². The van der Waals surface area contributed by atoms with Crippen molar-refractivity contribution in [3.05, 3.63) is 12.4 Å². The van der Waals surface area contributed by atoms with Crippen molar-refractivity contribution in [2.75, 3.05) is 20.3 Å². The van der Waals surface area contributed by atoms with E-state index in [1.165, 1.54) is 0 Å². The monoisotopic (exact) mass is 270 g/mol. The fourth-order valence-corrected chi connectivity index (χ4v) is 0.794. The van der Waals surface area contributed by atoms with Crippen LogP contribution in [0.15, 0.2) is 12.4 Å². The van der Waals surface area contributed by atoms with Crippen LogP contribution >= 0.6 is 8.92 Å². The second-order valence-corrected chi connectivity index (χ2v) is 2.10. The average Bonchev–Trinajstić information content (AvgIpc) is 2.40. The van der Waals surface area contributed by atoms with Gasteiger partial charge in [-0.15, -0.1) is 0 Å². The minimum absolute atomic E-state index is 0.422. The van der Waals surface area contributed by atoms with Crippen LogP contribution in [0.25, 0.3) is 0 Å². The summed E-state index contributed by atoms with van der Waals surface area (Å²) in [6.07, 6.45) is 4.20. The molecule has 0 fully saturated rings. The van der Waals surface area contributed by atoms with Crippen LogP contribution in [0.4, 0.5) is 0 Å². The van der Waals surface area contributed by atoms with E-state index in [1.807, 2.05) is 0 Å². The second kappa shape index (κ2) is 6.16. The fourth-order valence-electron chi connectivity index (χ4n) is 0.794. The SMILES string of the molecule is CCN1C=CN(C)C1.[Cl][SnH3]. The molecule has 1 rings (SSSR count). The molecule has 1 heterocycles. The van der Waals surface area contributed by atoms with Crippen molar-refractivity contribution < 1.29 is 0 Å². The summed E-state index contributed by atoms with van der Waals surface area (Å²) in [6.45, 7) is 4.32. The first-order valence-electron chi connectivity index (χ1n) is 3.33. The Morgan fingerprint density at radius 3 is 2.30 bits per heavy atom. The molecule has 2 nitrogen and oxygen atoms in total. The van der Waals surface area contributed by atoms with Gasteiger partial charge in [0.1, 0.15) is 0 Å². The molecule has 4 heteroatoms. The van der Waals surface area contributed by atoms with Gasteiger partial charge in [0, 0.05) is 26.0 Å². The molecule has 0 N–H and O–H groups in total. The molecule has 0 bridgehead atoms. The standard InChI is InChI=1S/C6H12N2.ClH.Sn.3H/c1-3-8-5-4-7(2)6-8;;;;;/h4-5H,3,6H2,1-2H3;1H;;;;/q;;+1;;;/p-1. The Kier molecular flexibility index (Phi) is 6.42. The molecule has 0 aromatic heterocycles. The summed E-state index contributed by atoms with van der Waals surface area (Å²) in [5.74, 6) is 0. The molecular formula is C6H15ClN2Sn. The van der Waals surface area contributed by atoms with E-state index in [0.717, 1.165) is 13.2 Å². The molecule has 60 valence electrons. The molecule has 0 saturated carbocycles. The van der Waals surface area contributed by atoms with E-state index in [1.54, 1.807) is 0 Å². The molecule has 0 atom stereocenters. The van der Waals surface area contributed by atoms with Crippen molar-refractivity contribution >= 4 is 30.3 Å². The van der Waals surface area contributed by atoms with Crippen molar-refractivity contribution in [1.82, 2.24) is 9.80 Å². The number of hydrogen-bond donors (Lipinski definition) is 0. The van der Waals surface area contributed by atoms with Crippen LogP contribution in [0.5, 0.6) is 0 Å². The molecule has 10 heavy (non-hydrogen) atoms. The van der Waals surface area contributed by atoms with Crippen molar-refractivity contribution in [1.29, 1.82) is 0 Å². The summed E-state index contributed by atoms with van der Waals surface area (Å²) in [4.78, 5) is 4.41. The van der Waals surface area contributed by atoms with Crippen molar-refractivity contribution in [3.63, 3.8) is 0 Å². The molecule has 0 aliphatic carbocycles. The molecule has 0 amide bonds. The van der Waals surface area contributed by atoms with Crippen LogP contribution in [-0.4, -0.2) is 51.5 Å². The number of rotatable bonds is 1. The number of nitrogens with zero attached hydrogens (tertiary/aromatic N) is 2. The molecule has 0 unspecified atom stereocenters. The molecule has 0 saturated heterocycles. The third-order valence-corrected chi connectivity index (χ3v) is 1.34. The van der Waals surface area contributed by atoms with Gasteiger partial charge in [-0.2, -0.15) is 0 Å². The van der Waals surface area contributed by atoms with E-state index < -0.39 is 0 Å². The van der Waals surface area contributed by atoms with Crippen LogP contribution in [0, 0.1) is 0 Å². The van der Waals surface area contributed by atoms with E-state index in [-0.39, 0.29) is 0 Å². The van der Waals surface area contributed by atoms with Crippen molar-refractivity contribution in [2.45, 2.75) is 6.92 Å². The third-order valence-electron chi connectivity index (χ3n) is 1.34. The van der Waals surface area contributed by atoms with Gasteiger partial charge in [0.15, 0.2) is 0 Å². The normalized spacial score (nSPS) is 15.5. The molecule has 1 aliphatic rings. The quantitative estimate of drug-likeness (QED) is 0.627. The van der Waals surface area contributed by atoms with Crippen LogP contribution < -0.4 is 0 Å². The predicted octanol–water partition coefficient (Wildman–Crippen LogP) is 0.188. The van der Waals surface area contributed by atoms with Gasteiger partial charge in [-0.25, -0.2) is 0 Å². The van der Waals surface area contributed by atoms with Gasteiger partial charge in [0.25, 0.3) is 0 Å². The van der Waals surface area contributed by atoms with Gasteiger partial charge in [-0.05, 0) is 6.92 Å². The van der Waals surface area contributed by atoms with Gasteiger partial charge < -0.3 is 9.80 Å². The Hall–Kier alpha value is 0.429. The molecular weight excluding hydrogens is 254 g/mol. The van der Waals surface area contributed by atoms with Crippen LogP contribution in [-0.2, 0) is 0 Å². The summed E-state index contributed by atoms with van der Waals surface area (Å²) < 4.78 is 0. The summed E-state index contributed by atoms with van der Waals surface area (Å²) in [5, 5.41) is 0. The Balaban J connectivity index is 0.000000371. The van der Waals surface area contributed by atoms with E-state index in [9.17, 15) is 0 Å². The first-order valence-corrected chi connectivity index (χ1v) is 10.6. The van der Waals surface area contributed by atoms with Gasteiger partial charge >= 0.3 is 30.3 Å². The van der Waals surface area contributed by atoms with Crippen LogP contribution in [0.2, 0.25) is 0 Å². The zero-order valence-corrected chi connectivity index (χ0v) is 13.3. The summed E-state index contributed by atoms with van der Waals surface area (Å²) >= 11 is 0.422. The van der Waals surface area contributed by atoms with E-state index in [0.29, 0.717) is 21.4 Å². The molecule has 0 radical (unpaired) electrons. The maximum atomic E-state index is 4.85.